The van der Waals surface area contributed by atoms with Gasteiger partial charge in [-0.2, -0.15) is 0 Å². The van der Waals surface area contributed by atoms with Gasteiger partial charge in [-0.05, 0) is 38.0 Å². The van der Waals surface area contributed by atoms with Crippen LogP contribution in [0.5, 0.6) is 0 Å². The molecule has 1 rings (SSSR count). The van der Waals surface area contributed by atoms with Crippen molar-refractivity contribution in [1.82, 2.24) is 0 Å². The molecule has 1 aromatic rings. The smallest absolute Gasteiger partial charge is 0.224 e. The Morgan fingerprint density at radius 3 is 2.89 bits per heavy atom. The van der Waals surface area contributed by atoms with Gasteiger partial charge < -0.3 is 15.8 Å². The number of rotatable bonds is 7. The second kappa shape index (κ2) is 7.84. The van der Waals surface area contributed by atoms with Crippen molar-refractivity contribution in [3.05, 3.63) is 29.8 Å². The van der Waals surface area contributed by atoms with Crippen molar-refractivity contribution in [2.24, 2.45) is 5.73 Å². The van der Waals surface area contributed by atoms with E-state index in [9.17, 15) is 4.79 Å². The Morgan fingerprint density at radius 1 is 1.44 bits per heavy atom. The van der Waals surface area contributed by atoms with Crippen molar-refractivity contribution < 1.29 is 9.53 Å². The first-order valence-corrected chi connectivity index (χ1v) is 6.32. The Balaban J connectivity index is 2.30. The lowest BCUT2D eigenvalue weighted by atomic mass is 10.2. The number of nitrogens with two attached hydrogens (primary N) is 1. The summed E-state index contributed by atoms with van der Waals surface area (Å²) in [5.74, 6) is 0.0107. The molecule has 0 aliphatic rings. The predicted molar refractivity (Wildman–Crippen MR) is 73.3 cm³/mol. The van der Waals surface area contributed by atoms with Crippen LogP contribution in [0.4, 0.5) is 5.69 Å². The normalized spacial score (nSPS) is 10.7. The minimum atomic E-state index is 0.0107. The molecule has 0 bridgehead atoms. The maximum atomic E-state index is 11.7. The third-order valence-corrected chi connectivity index (χ3v) is 2.45. The molecule has 0 heterocycles. The lowest BCUT2D eigenvalue weighted by Crippen LogP contribution is -2.13. The molecule has 0 fully saturated rings. The number of hydrogen-bond acceptors (Lipinski definition) is 3. The van der Waals surface area contributed by atoms with E-state index in [2.05, 4.69) is 5.32 Å². The average molecular weight is 250 g/mol. The summed E-state index contributed by atoms with van der Waals surface area (Å²) in [6, 6.07) is 7.58. The van der Waals surface area contributed by atoms with E-state index >= 15 is 0 Å². The number of carbonyl (C=O) groups excluding carboxylic acids is 1. The fraction of sp³-hybridized carbons (Fsp3) is 0.500. The van der Waals surface area contributed by atoms with Gasteiger partial charge in [0.1, 0.15) is 0 Å². The summed E-state index contributed by atoms with van der Waals surface area (Å²) in [6.45, 7) is 5.07. The van der Waals surface area contributed by atoms with Crippen LogP contribution in [0.1, 0.15) is 32.3 Å². The van der Waals surface area contributed by atoms with E-state index in [0.717, 1.165) is 17.7 Å². The molecule has 0 aliphatic carbocycles. The average Bonchev–Trinajstić information content (AvgIpc) is 2.34. The number of hydrogen-bond donors (Lipinski definition) is 2. The summed E-state index contributed by atoms with van der Waals surface area (Å²) < 4.78 is 5.38. The first-order chi connectivity index (χ1) is 8.61. The van der Waals surface area contributed by atoms with E-state index in [0.29, 0.717) is 19.6 Å². The zero-order valence-electron chi connectivity index (χ0n) is 11.1. The zero-order valence-corrected chi connectivity index (χ0v) is 11.1. The van der Waals surface area contributed by atoms with E-state index in [1.165, 1.54) is 0 Å². The second-order valence-corrected chi connectivity index (χ2v) is 4.48. The van der Waals surface area contributed by atoms with Crippen molar-refractivity contribution >= 4 is 11.6 Å². The molecular weight excluding hydrogens is 228 g/mol. The summed E-state index contributed by atoms with van der Waals surface area (Å²) in [6.07, 6.45) is 1.43. The molecule has 0 atom stereocenters. The summed E-state index contributed by atoms with van der Waals surface area (Å²) in [5, 5.41) is 2.85. The van der Waals surface area contributed by atoms with Gasteiger partial charge in [-0.1, -0.05) is 12.1 Å². The third kappa shape index (κ3) is 5.80. The van der Waals surface area contributed by atoms with Gasteiger partial charge in [-0.25, -0.2) is 0 Å². The summed E-state index contributed by atoms with van der Waals surface area (Å²) in [4.78, 5) is 11.7. The molecule has 0 spiro atoms. The van der Waals surface area contributed by atoms with Crippen molar-refractivity contribution in [2.75, 3.05) is 11.9 Å². The van der Waals surface area contributed by atoms with Gasteiger partial charge in [0, 0.05) is 25.3 Å². The summed E-state index contributed by atoms with van der Waals surface area (Å²) >= 11 is 0. The predicted octanol–water partition coefficient (Wildman–Crippen LogP) is 2.29. The molecule has 0 saturated carbocycles. The quantitative estimate of drug-likeness (QED) is 0.730. The number of nitrogens with one attached hydrogen (secondary N) is 1. The van der Waals surface area contributed by atoms with Gasteiger partial charge in [0.2, 0.25) is 5.91 Å². The molecule has 1 aromatic carbocycles. The maximum Gasteiger partial charge on any atom is 0.224 e. The van der Waals surface area contributed by atoms with Crippen molar-refractivity contribution in [2.45, 2.75) is 39.3 Å². The lowest BCUT2D eigenvalue weighted by molar-refractivity contribution is -0.116. The van der Waals surface area contributed by atoms with Gasteiger partial charge in [0.15, 0.2) is 0 Å². The molecule has 0 radical (unpaired) electrons. The van der Waals surface area contributed by atoms with Gasteiger partial charge in [0.25, 0.3) is 0 Å². The third-order valence-electron chi connectivity index (χ3n) is 2.45. The number of benzene rings is 1. The first kappa shape index (κ1) is 14.7. The van der Waals surface area contributed by atoms with E-state index < -0.39 is 0 Å². The minimum Gasteiger partial charge on any atom is -0.379 e. The maximum absolute atomic E-state index is 11.7. The molecule has 0 unspecified atom stereocenters. The van der Waals surface area contributed by atoms with Crippen LogP contribution in [-0.2, 0) is 16.1 Å². The van der Waals surface area contributed by atoms with Crippen LogP contribution in [0, 0.1) is 0 Å². The fourth-order valence-corrected chi connectivity index (χ4v) is 1.55. The Hall–Kier alpha value is -1.39. The van der Waals surface area contributed by atoms with Crippen molar-refractivity contribution in [1.29, 1.82) is 0 Å². The van der Waals surface area contributed by atoms with Crippen LogP contribution in [0.15, 0.2) is 24.3 Å². The van der Waals surface area contributed by atoms with Crippen LogP contribution < -0.4 is 11.1 Å². The Morgan fingerprint density at radius 2 is 2.22 bits per heavy atom. The van der Waals surface area contributed by atoms with E-state index in [-0.39, 0.29) is 12.0 Å². The summed E-state index contributed by atoms with van der Waals surface area (Å²) in [5.41, 5.74) is 7.36. The van der Waals surface area contributed by atoms with Gasteiger partial charge in [-0.15, -0.1) is 0 Å². The van der Waals surface area contributed by atoms with E-state index in [1.807, 2.05) is 38.1 Å². The fourth-order valence-electron chi connectivity index (χ4n) is 1.55. The topological polar surface area (TPSA) is 64.3 Å². The number of carbonyl (C=O) groups is 1. The van der Waals surface area contributed by atoms with Gasteiger partial charge in [0.05, 0.1) is 6.10 Å². The molecule has 18 heavy (non-hydrogen) atoms. The highest BCUT2D eigenvalue weighted by molar-refractivity contribution is 5.90. The SMILES string of the molecule is CC(C)OCCCC(=O)Nc1cccc(CN)c1. The van der Waals surface area contributed by atoms with Gasteiger partial charge in [-0.3, -0.25) is 4.79 Å². The molecular formula is C14H22N2O2. The molecule has 100 valence electrons. The molecule has 4 nitrogen and oxygen atoms in total. The lowest BCUT2D eigenvalue weighted by Gasteiger charge is -2.08. The Bertz CT molecular complexity index is 378. The highest BCUT2D eigenvalue weighted by atomic mass is 16.5. The molecule has 1 amide bonds. The first-order valence-electron chi connectivity index (χ1n) is 6.32. The Labute approximate surface area is 109 Å². The van der Waals surface area contributed by atoms with Crippen molar-refractivity contribution in [3.63, 3.8) is 0 Å². The highest BCUT2D eigenvalue weighted by Gasteiger charge is 2.03. The molecule has 0 saturated heterocycles. The molecule has 3 N–H and O–H groups in total. The van der Waals surface area contributed by atoms with Crippen LogP contribution in [0.3, 0.4) is 0 Å². The largest absolute Gasteiger partial charge is 0.379 e. The second-order valence-electron chi connectivity index (χ2n) is 4.48. The number of amides is 1. The molecule has 4 heteroatoms. The minimum absolute atomic E-state index is 0.0107. The van der Waals surface area contributed by atoms with Crippen LogP contribution in [0.2, 0.25) is 0 Å². The van der Waals surface area contributed by atoms with Crippen LogP contribution >= 0.6 is 0 Å². The number of ether oxygens (including phenoxy) is 1. The zero-order chi connectivity index (χ0) is 13.4. The summed E-state index contributed by atoms with van der Waals surface area (Å²) in [7, 11) is 0. The van der Waals surface area contributed by atoms with E-state index in [4.69, 9.17) is 10.5 Å². The monoisotopic (exact) mass is 250 g/mol. The molecule has 0 aromatic heterocycles. The van der Waals surface area contributed by atoms with Crippen LogP contribution in [0.25, 0.3) is 0 Å². The number of anilines is 1. The van der Waals surface area contributed by atoms with Crippen molar-refractivity contribution in [3.8, 4) is 0 Å². The standard InChI is InChI=1S/C14H22N2O2/c1-11(2)18-8-4-7-14(17)16-13-6-3-5-12(9-13)10-15/h3,5-6,9,11H,4,7-8,10,15H2,1-2H3,(H,16,17). The van der Waals surface area contributed by atoms with E-state index in [1.54, 1.807) is 0 Å². The van der Waals surface area contributed by atoms with Gasteiger partial charge >= 0.3 is 0 Å². The molecule has 0 aliphatic heterocycles. The Kier molecular flexibility index (Phi) is 6.39. The highest BCUT2D eigenvalue weighted by Crippen LogP contribution is 2.10. The van der Waals surface area contributed by atoms with Crippen LogP contribution in [-0.4, -0.2) is 18.6 Å².